The van der Waals surface area contributed by atoms with Gasteiger partial charge in [-0.25, -0.2) is 8.78 Å². The van der Waals surface area contributed by atoms with Crippen LogP contribution >= 0.6 is 0 Å². The van der Waals surface area contributed by atoms with E-state index in [4.69, 9.17) is 0 Å². The smallest absolute Gasteiger partial charge is 0.261 e. The van der Waals surface area contributed by atoms with Crippen LogP contribution in [0, 0.1) is 0 Å². The first-order valence-corrected chi connectivity index (χ1v) is 4.34. The first-order valence-electron chi connectivity index (χ1n) is 4.34. The Morgan fingerprint density at radius 2 is 2.08 bits per heavy atom. The molecule has 1 N–H and O–H groups in total. The summed E-state index contributed by atoms with van der Waals surface area (Å²) in [5.74, 6) is 0. The lowest BCUT2D eigenvalue weighted by Gasteiger charge is -2.03. The predicted octanol–water partition coefficient (Wildman–Crippen LogP) is 1.66. The molecule has 0 aromatic rings. The van der Waals surface area contributed by atoms with E-state index in [9.17, 15) is 8.78 Å². The molecule has 0 aromatic heterocycles. The molecule has 0 atom stereocenters. The Bertz CT molecular complexity index is 91.1. The summed E-state index contributed by atoms with van der Waals surface area (Å²) in [6.07, 6.45) is -0.446. The van der Waals surface area contributed by atoms with Crippen LogP contribution in [0.25, 0.3) is 0 Å². The van der Waals surface area contributed by atoms with Gasteiger partial charge >= 0.3 is 0 Å². The van der Waals surface area contributed by atoms with Gasteiger partial charge in [-0.05, 0) is 25.9 Å². The number of rotatable bonds is 8. The average Bonchev–Trinajstić information content (AvgIpc) is 2.02. The highest BCUT2D eigenvalue weighted by Gasteiger charge is 2.00. The van der Waals surface area contributed by atoms with Crippen LogP contribution in [0.4, 0.5) is 8.78 Å². The van der Waals surface area contributed by atoms with Crippen molar-refractivity contribution in [2.75, 3.05) is 26.3 Å². The maximum atomic E-state index is 11.5. The van der Waals surface area contributed by atoms with E-state index in [2.05, 4.69) is 17.0 Å². The third kappa shape index (κ3) is 9.78. The number of nitrogens with one attached hydrogen (secondary N) is 1. The topological polar surface area (TPSA) is 21.3 Å². The fourth-order valence-corrected chi connectivity index (χ4v) is 0.773. The molecule has 0 fully saturated rings. The number of hydrogen-bond acceptors (Lipinski definition) is 2. The van der Waals surface area contributed by atoms with E-state index in [0.717, 1.165) is 25.9 Å². The van der Waals surface area contributed by atoms with Crippen LogP contribution in [-0.4, -0.2) is 32.7 Å². The van der Waals surface area contributed by atoms with Gasteiger partial charge in [0, 0.05) is 6.61 Å². The Balaban J connectivity index is 2.82. The Morgan fingerprint density at radius 1 is 1.33 bits per heavy atom. The fourth-order valence-electron chi connectivity index (χ4n) is 0.773. The molecular weight excluding hydrogens is 164 g/mol. The second-order valence-electron chi connectivity index (χ2n) is 2.57. The van der Waals surface area contributed by atoms with Crippen LogP contribution in [-0.2, 0) is 4.74 Å². The second-order valence-corrected chi connectivity index (χ2v) is 2.57. The Labute approximate surface area is 72.3 Å². The molecule has 0 unspecified atom stereocenters. The highest BCUT2D eigenvalue weighted by molar-refractivity contribution is 4.45. The molecule has 74 valence electrons. The first-order chi connectivity index (χ1) is 5.77. The molecule has 0 rings (SSSR count). The van der Waals surface area contributed by atoms with Gasteiger partial charge in [0.2, 0.25) is 0 Å². The minimum absolute atomic E-state index is 0.418. The Morgan fingerprint density at radius 3 is 2.67 bits per heavy atom. The molecule has 0 spiro atoms. The molecule has 0 aliphatic rings. The lowest BCUT2D eigenvalue weighted by Crippen LogP contribution is -2.18. The zero-order chi connectivity index (χ0) is 9.23. The van der Waals surface area contributed by atoms with Gasteiger partial charge in [0.15, 0.2) is 0 Å². The fraction of sp³-hybridized carbons (Fsp3) is 1.00. The summed E-state index contributed by atoms with van der Waals surface area (Å²) in [6.45, 7) is 3.89. The van der Waals surface area contributed by atoms with Crippen molar-refractivity contribution >= 4 is 0 Å². The van der Waals surface area contributed by atoms with Crippen molar-refractivity contribution in [1.82, 2.24) is 5.32 Å². The number of hydrogen-bond donors (Lipinski definition) is 1. The summed E-state index contributed by atoms with van der Waals surface area (Å²) in [5.41, 5.74) is 0. The van der Waals surface area contributed by atoms with E-state index in [1.807, 2.05) is 0 Å². The van der Waals surface area contributed by atoms with Gasteiger partial charge in [-0.3, -0.25) is 0 Å². The van der Waals surface area contributed by atoms with Crippen molar-refractivity contribution < 1.29 is 13.5 Å². The zero-order valence-corrected chi connectivity index (χ0v) is 7.48. The molecule has 0 heterocycles. The minimum atomic E-state index is -2.34. The molecule has 4 heteroatoms. The van der Waals surface area contributed by atoms with Gasteiger partial charge in [0.1, 0.15) is 6.61 Å². The van der Waals surface area contributed by atoms with Crippen LogP contribution in [0.5, 0.6) is 0 Å². The maximum Gasteiger partial charge on any atom is 0.261 e. The highest BCUT2D eigenvalue weighted by Crippen LogP contribution is 1.92. The van der Waals surface area contributed by atoms with Crippen LogP contribution in [0.1, 0.15) is 19.8 Å². The van der Waals surface area contributed by atoms with Crippen LogP contribution in [0.3, 0.4) is 0 Å². The van der Waals surface area contributed by atoms with Crippen LogP contribution in [0.15, 0.2) is 0 Å². The second kappa shape index (κ2) is 8.87. The summed E-state index contributed by atoms with van der Waals surface area (Å²) in [5, 5.41) is 3.16. The third-order valence-corrected chi connectivity index (χ3v) is 1.31. The molecule has 0 radical (unpaired) electrons. The predicted molar refractivity (Wildman–Crippen MR) is 44.6 cm³/mol. The summed E-state index contributed by atoms with van der Waals surface area (Å²) in [7, 11) is 0. The van der Waals surface area contributed by atoms with E-state index in [-0.39, 0.29) is 0 Å². The number of ether oxygens (including phenoxy) is 1. The van der Waals surface area contributed by atoms with Crippen LogP contribution < -0.4 is 5.32 Å². The first kappa shape index (κ1) is 11.8. The van der Waals surface area contributed by atoms with Gasteiger partial charge in [-0.1, -0.05) is 6.92 Å². The Hall–Kier alpha value is -0.220. The lowest BCUT2D eigenvalue weighted by molar-refractivity contribution is 0.0168. The van der Waals surface area contributed by atoms with Crippen LogP contribution in [0.2, 0.25) is 0 Å². The molecule has 0 saturated heterocycles. The summed E-state index contributed by atoms with van der Waals surface area (Å²) in [6, 6.07) is 0. The molecule has 2 nitrogen and oxygen atoms in total. The maximum absolute atomic E-state index is 11.5. The molecule has 0 aliphatic carbocycles. The number of alkyl halides is 2. The lowest BCUT2D eigenvalue weighted by atomic mass is 10.4. The van der Waals surface area contributed by atoms with E-state index >= 15 is 0 Å². The molecule has 0 amide bonds. The summed E-state index contributed by atoms with van der Waals surface area (Å²) < 4.78 is 27.7. The van der Waals surface area contributed by atoms with Crippen molar-refractivity contribution in [2.24, 2.45) is 0 Å². The summed E-state index contributed by atoms with van der Waals surface area (Å²) in [4.78, 5) is 0. The average molecular weight is 181 g/mol. The van der Waals surface area contributed by atoms with Crippen molar-refractivity contribution in [3.63, 3.8) is 0 Å². The van der Waals surface area contributed by atoms with Gasteiger partial charge in [-0.15, -0.1) is 0 Å². The molecule has 0 bridgehead atoms. The van der Waals surface area contributed by atoms with E-state index < -0.39 is 13.0 Å². The van der Waals surface area contributed by atoms with E-state index in [1.165, 1.54) is 0 Å². The van der Waals surface area contributed by atoms with Crippen molar-refractivity contribution in [3.05, 3.63) is 0 Å². The number of halogens is 2. The van der Waals surface area contributed by atoms with Crippen molar-refractivity contribution in [2.45, 2.75) is 26.2 Å². The normalized spacial score (nSPS) is 11.0. The molecule has 12 heavy (non-hydrogen) atoms. The minimum Gasteiger partial charge on any atom is -0.375 e. The standard InChI is InChI=1S/C8H17F2NO/c1-2-4-11-5-3-6-12-7-8(9)10/h8,11H,2-7H2,1H3. The van der Waals surface area contributed by atoms with Gasteiger partial charge in [0.25, 0.3) is 6.43 Å². The third-order valence-electron chi connectivity index (χ3n) is 1.31. The van der Waals surface area contributed by atoms with Gasteiger partial charge < -0.3 is 10.1 Å². The van der Waals surface area contributed by atoms with Crippen molar-refractivity contribution in [1.29, 1.82) is 0 Å². The largest absolute Gasteiger partial charge is 0.375 e. The van der Waals surface area contributed by atoms with E-state index in [1.54, 1.807) is 0 Å². The van der Waals surface area contributed by atoms with Gasteiger partial charge in [0.05, 0.1) is 0 Å². The molecule has 0 aliphatic heterocycles. The van der Waals surface area contributed by atoms with Gasteiger partial charge in [-0.2, -0.15) is 0 Å². The molecular formula is C8H17F2NO. The SMILES string of the molecule is CCCNCCCOCC(F)F. The molecule has 0 aromatic carbocycles. The highest BCUT2D eigenvalue weighted by atomic mass is 19.3. The quantitative estimate of drug-likeness (QED) is 0.575. The summed E-state index contributed by atoms with van der Waals surface area (Å²) >= 11 is 0. The van der Waals surface area contributed by atoms with E-state index in [0.29, 0.717) is 6.61 Å². The molecule has 0 saturated carbocycles. The Kier molecular flexibility index (Phi) is 8.71. The zero-order valence-electron chi connectivity index (χ0n) is 7.48. The monoisotopic (exact) mass is 181 g/mol. The van der Waals surface area contributed by atoms with Crippen molar-refractivity contribution in [3.8, 4) is 0 Å².